The molecular weight excluding hydrogens is 272 g/mol. The highest BCUT2D eigenvalue weighted by Crippen LogP contribution is 2.69. The van der Waals surface area contributed by atoms with Crippen molar-refractivity contribution in [2.45, 2.75) is 65.4 Å². The van der Waals surface area contributed by atoms with Gasteiger partial charge in [0, 0.05) is 17.8 Å². The number of hydrogen-bond donors (Lipinski definition) is 1. The van der Waals surface area contributed by atoms with Crippen molar-refractivity contribution in [1.82, 2.24) is 0 Å². The van der Waals surface area contributed by atoms with Gasteiger partial charge in [-0.15, -0.1) is 0 Å². The Kier molecular flexibility index (Phi) is 2.76. The Morgan fingerprint density at radius 3 is 2.73 bits per heavy atom. The Bertz CT molecular complexity index is 599. The molecule has 0 radical (unpaired) electrons. The molecule has 22 heavy (non-hydrogen) atoms. The fourth-order valence-electron chi connectivity index (χ4n) is 6.84. The molecule has 1 N–H and O–H groups in total. The van der Waals surface area contributed by atoms with E-state index >= 15 is 0 Å². The minimum atomic E-state index is -0.516. The summed E-state index contributed by atoms with van der Waals surface area (Å²) in [4.78, 5) is 13.2. The molecule has 4 aliphatic rings. The van der Waals surface area contributed by atoms with E-state index in [1.165, 1.54) is 12.0 Å². The smallest absolute Gasteiger partial charge is 0.138 e. The Balaban J connectivity index is 1.89. The van der Waals surface area contributed by atoms with Gasteiger partial charge in [0.05, 0.1) is 6.10 Å². The molecule has 0 aromatic rings. The molecule has 0 aliphatic heterocycles. The average Bonchev–Trinajstić information content (AvgIpc) is 2.58. The first-order valence-corrected chi connectivity index (χ1v) is 8.83. The van der Waals surface area contributed by atoms with E-state index in [1.807, 2.05) is 0 Å². The van der Waals surface area contributed by atoms with E-state index in [0.717, 1.165) is 31.3 Å². The summed E-state index contributed by atoms with van der Waals surface area (Å²) in [6, 6.07) is 0. The molecule has 0 heterocycles. The zero-order valence-electron chi connectivity index (χ0n) is 14.1. The molecule has 1 spiro atoms. The van der Waals surface area contributed by atoms with Crippen molar-refractivity contribution in [3.8, 4) is 0 Å². The number of Topliss-reactive ketones (excluding diaryl/α,β-unsaturated/α-hetero) is 1. The van der Waals surface area contributed by atoms with Crippen LogP contribution in [0.5, 0.6) is 0 Å². The Morgan fingerprint density at radius 1 is 1.27 bits per heavy atom. The van der Waals surface area contributed by atoms with Crippen LogP contribution in [-0.2, 0) is 4.79 Å². The molecule has 3 saturated carbocycles. The van der Waals surface area contributed by atoms with Crippen molar-refractivity contribution in [2.75, 3.05) is 0 Å². The molecule has 3 fully saturated rings. The quantitative estimate of drug-likeness (QED) is 0.685. The normalized spacial score (nSPS) is 49.5. The van der Waals surface area contributed by atoms with E-state index in [2.05, 4.69) is 33.4 Å². The fraction of sp³-hybridized carbons (Fsp3) is 0.750. The Hall–Kier alpha value is -0.890. The van der Waals surface area contributed by atoms with Gasteiger partial charge >= 0.3 is 0 Å². The summed E-state index contributed by atoms with van der Waals surface area (Å²) in [5.41, 5.74) is 2.06. The van der Waals surface area contributed by atoms with Crippen LogP contribution in [0.4, 0.5) is 0 Å². The molecule has 0 unspecified atom stereocenters. The lowest BCUT2D eigenvalue weighted by Crippen LogP contribution is -2.57. The van der Waals surface area contributed by atoms with Gasteiger partial charge in [-0.25, -0.2) is 0 Å². The number of allylic oxidation sites excluding steroid dienone is 1. The number of fused-ring (bicyclic) bond motifs is 3. The van der Waals surface area contributed by atoms with Crippen LogP contribution in [-0.4, -0.2) is 17.0 Å². The van der Waals surface area contributed by atoms with Crippen molar-refractivity contribution in [3.05, 3.63) is 23.8 Å². The summed E-state index contributed by atoms with van der Waals surface area (Å²) in [5.74, 6) is 0.880. The highest BCUT2D eigenvalue weighted by Gasteiger charge is 2.65. The van der Waals surface area contributed by atoms with Crippen LogP contribution >= 0.6 is 0 Å². The molecule has 0 saturated heterocycles. The molecule has 2 nitrogen and oxygen atoms in total. The summed E-state index contributed by atoms with van der Waals surface area (Å²) < 4.78 is 0. The highest BCUT2D eigenvalue weighted by atomic mass is 16.3. The Morgan fingerprint density at radius 2 is 2.00 bits per heavy atom. The SMILES string of the molecule is C=C1[C@@H]2CC=C3[C@@](CC(=O)[C@@H]4C(C)(C)CCC[C@@]34C)(C2)[C@@H]1O. The van der Waals surface area contributed by atoms with Gasteiger partial charge in [-0.2, -0.15) is 0 Å². The van der Waals surface area contributed by atoms with Crippen LogP contribution in [0.25, 0.3) is 0 Å². The van der Waals surface area contributed by atoms with E-state index in [1.54, 1.807) is 0 Å². The van der Waals surface area contributed by atoms with Gasteiger partial charge in [-0.1, -0.05) is 45.4 Å². The highest BCUT2D eigenvalue weighted by molar-refractivity contribution is 5.87. The van der Waals surface area contributed by atoms with E-state index in [4.69, 9.17) is 0 Å². The van der Waals surface area contributed by atoms with E-state index in [-0.39, 0.29) is 22.2 Å². The molecule has 4 rings (SSSR count). The second-order valence-corrected chi connectivity index (χ2v) is 9.22. The lowest BCUT2D eigenvalue weighted by atomic mass is 9.43. The number of carbonyl (C=O) groups is 1. The van der Waals surface area contributed by atoms with Gasteiger partial charge in [-0.3, -0.25) is 4.79 Å². The number of ketones is 1. The summed E-state index contributed by atoms with van der Waals surface area (Å²) in [6.07, 6.45) is 7.74. The molecular formula is C20H28O2. The van der Waals surface area contributed by atoms with Crippen molar-refractivity contribution >= 4 is 5.78 Å². The summed E-state index contributed by atoms with van der Waals surface area (Å²) >= 11 is 0. The van der Waals surface area contributed by atoms with Crippen molar-refractivity contribution in [1.29, 1.82) is 0 Å². The summed E-state index contributed by atoms with van der Waals surface area (Å²) in [7, 11) is 0. The predicted molar refractivity (Wildman–Crippen MR) is 87.2 cm³/mol. The first-order chi connectivity index (χ1) is 10.2. The number of hydrogen-bond acceptors (Lipinski definition) is 2. The van der Waals surface area contributed by atoms with E-state index in [0.29, 0.717) is 18.1 Å². The summed E-state index contributed by atoms with van der Waals surface area (Å²) in [6.45, 7) is 11.0. The molecule has 2 bridgehead atoms. The van der Waals surface area contributed by atoms with Crippen LogP contribution in [0.1, 0.15) is 59.3 Å². The molecule has 0 aromatic heterocycles. The van der Waals surface area contributed by atoms with Crippen molar-refractivity contribution in [2.24, 2.45) is 28.1 Å². The van der Waals surface area contributed by atoms with Crippen LogP contribution in [0.3, 0.4) is 0 Å². The molecule has 5 atom stereocenters. The number of aliphatic hydroxyl groups is 1. The van der Waals surface area contributed by atoms with Gasteiger partial charge in [0.1, 0.15) is 5.78 Å². The maximum absolute atomic E-state index is 13.2. The second-order valence-electron chi connectivity index (χ2n) is 9.22. The maximum Gasteiger partial charge on any atom is 0.138 e. The second kappa shape index (κ2) is 4.14. The van der Waals surface area contributed by atoms with E-state index < -0.39 is 6.10 Å². The van der Waals surface area contributed by atoms with Crippen molar-refractivity contribution in [3.63, 3.8) is 0 Å². The van der Waals surface area contributed by atoms with Gasteiger partial charge in [-0.05, 0) is 48.0 Å². The zero-order valence-corrected chi connectivity index (χ0v) is 14.1. The molecule has 0 amide bonds. The first-order valence-electron chi connectivity index (χ1n) is 8.83. The average molecular weight is 300 g/mol. The largest absolute Gasteiger partial charge is 0.388 e. The van der Waals surface area contributed by atoms with Gasteiger partial charge in [0.15, 0.2) is 0 Å². The number of aliphatic hydroxyl groups excluding tert-OH is 1. The van der Waals surface area contributed by atoms with Crippen LogP contribution in [0.2, 0.25) is 0 Å². The first kappa shape index (κ1) is 14.7. The number of carbonyl (C=O) groups excluding carboxylic acids is 1. The Labute approximate surface area is 133 Å². The van der Waals surface area contributed by atoms with Crippen LogP contribution in [0.15, 0.2) is 23.8 Å². The fourth-order valence-corrected chi connectivity index (χ4v) is 6.84. The molecule has 120 valence electrons. The topological polar surface area (TPSA) is 37.3 Å². The third-order valence-electron chi connectivity index (χ3n) is 7.52. The van der Waals surface area contributed by atoms with Crippen LogP contribution in [0, 0.1) is 28.1 Å². The third kappa shape index (κ3) is 1.52. The standard InChI is InChI=1S/C20H28O2/c1-12-13-6-7-15-19(4)9-5-8-18(2,3)16(19)14(21)11-20(15,10-13)17(12)22/h7,13,16-17,22H,1,5-6,8-11H2,2-4H3/t13-,16-,17-,19+,20+/m1/s1. The lowest BCUT2D eigenvalue weighted by Gasteiger charge is -2.59. The van der Waals surface area contributed by atoms with E-state index in [9.17, 15) is 9.90 Å². The van der Waals surface area contributed by atoms with Gasteiger partial charge < -0.3 is 5.11 Å². The zero-order chi connectivity index (χ0) is 15.9. The molecule has 2 heteroatoms. The summed E-state index contributed by atoms with van der Waals surface area (Å²) in [5, 5.41) is 10.9. The van der Waals surface area contributed by atoms with Crippen LogP contribution < -0.4 is 0 Å². The number of rotatable bonds is 0. The van der Waals surface area contributed by atoms with Crippen molar-refractivity contribution < 1.29 is 9.90 Å². The minimum absolute atomic E-state index is 0.0619. The molecule has 4 aliphatic carbocycles. The lowest BCUT2D eigenvalue weighted by molar-refractivity contribution is -0.145. The maximum atomic E-state index is 13.2. The predicted octanol–water partition coefficient (Wildman–Crippen LogP) is 4.05. The molecule has 0 aromatic carbocycles. The third-order valence-corrected chi connectivity index (χ3v) is 7.52. The van der Waals surface area contributed by atoms with Gasteiger partial charge in [0.2, 0.25) is 0 Å². The van der Waals surface area contributed by atoms with Gasteiger partial charge in [0.25, 0.3) is 0 Å². The monoisotopic (exact) mass is 300 g/mol. The minimum Gasteiger partial charge on any atom is -0.388 e.